The minimum atomic E-state index is -0.632. The number of carbonyl (C=O) groups is 3. The first-order valence-corrected chi connectivity index (χ1v) is 10.2. The van der Waals surface area contributed by atoms with Crippen LogP contribution < -0.4 is 16.0 Å². The largest absolute Gasteiger partial charge is 0.336 e. The molecule has 7 nitrogen and oxygen atoms in total. The van der Waals surface area contributed by atoms with Crippen LogP contribution in [-0.4, -0.2) is 41.4 Å². The second kappa shape index (κ2) is 11.0. The molecule has 0 aliphatic carbocycles. The van der Waals surface area contributed by atoms with E-state index in [0.717, 1.165) is 6.42 Å². The molecule has 0 aliphatic heterocycles. The van der Waals surface area contributed by atoms with Gasteiger partial charge in [0, 0.05) is 29.5 Å². The lowest BCUT2D eigenvalue weighted by Crippen LogP contribution is -2.46. The van der Waals surface area contributed by atoms with E-state index in [1.807, 2.05) is 39.0 Å². The van der Waals surface area contributed by atoms with Crippen molar-refractivity contribution in [2.24, 2.45) is 0 Å². The van der Waals surface area contributed by atoms with Crippen molar-refractivity contribution in [1.29, 1.82) is 0 Å². The number of nitrogens with one attached hydrogen (secondary N) is 3. The fourth-order valence-corrected chi connectivity index (χ4v) is 2.91. The quantitative estimate of drug-likeness (QED) is 0.612. The average molecular weight is 411 g/mol. The molecule has 1 unspecified atom stereocenters. The number of anilines is 2. The summed E-state index contributed by atoms with van der Waals surface area (Å²) < 4.78 is 0. The van der Waals surface area contributed by atoms with Crippen LogP contribution in [0.4, 0.5) is 16.2 Å². The number of carbonyl (C=O) groups excluding carboxylic acids is 3. The molecule has 0 radical (unpaired) electrons. The summed E-state index contributed by atoms with van der Waals surface area (Å²) in [6, 6.07) is 14.9. The van der Waals surface area contributed by atoms with Gasteiger partial charge in [-0.1, -0.05) is 25.1 Å². The molecule has 0 aromatic heterocycles. The van der Waals surface area contributed by atoms with E-state index in [1.54, 1.807) is 48.2 Å². The van der Waals surface area contributed by atoms with Crippen LogP contribution in [0.1, 0.15) is 44.5 Å². The molecule has 3 N–H and O–H groups in total. The van der Waals surface area contributed by atoms with Crippen LogP contribution in [0, 0.1) is 0 Å². The summed E-state index contributed by atoms with van der Waals surface area (Å²) in [5.74, 6) is -0.475. The molecule has 7 heteroatoms. The number of benzene rings is 2. The van der Waals surface area contributed by atoms with Gasteiger partial charge >= 0.3 is 6.03 Å². The van der Waals surface area contributed by atoms with E-state index in [9.17, 15) is 14.4 Å². The van der Waals surface area contributed by atoms with Crippen molar-refractivity contribution in [2.75, 3.05) is 17.2 Å². The summed E-state index contributed by atoms with van der Waals surface area (Å²) >= 11 is 0. The van der Waals surface area contributed by atoms with Gasteiger partial charge in [-0.3, -0.25) is 9.59 Å². The molecule has 0 saturated carbocycles. The number of hydrogen-bond acceptors (Lipinski definition) is 3. The summed E-state index contributed by atoms with van der Waals surface area (Å²) in [5.41, 5.74) is 1.73. The molecule has 160 valence electrons. The van der Waals surface area contributed by atoms with E-state index < -0.39 is 6.04 Å². The average Bonchev–Trinajstić information content (AvgIpc) is 2.71. The molecule has 2 rings (SSSR count). The van der Waals surface area contributed by atoms with Crippen molar-refractivity contribution >= 4 is 29.2 Å². The molecule has 2 aromatic rings. The smallest absolute Gasteiger partial charge is 0.319 e. The van der Waals surface area contributed by atoms with E-state index in [-0.39, 0.29) is 23.9 Å². The summed E-state index contributed by atoms with van der Waals surface area (Å²) in [4.78, 5) is 39.1. The van der Waals surface area contributed by atoms with Crippen LogP contribution in [0.2, 0.25) is 0 Å². The van der Waals surface area contributed by atoms with Gasteiger partial charge in [0.15, 0.2) is 0 Å². The van der Waals surface area contributed by atoms with Crippen molar-refractivity contribution in [2.45, 2.75) is 46.2 Å². The van der Waals surface area contributed by atoms with Gasteiger partial charge in [-0.05, 0) is 63.6 Å². The van der Waals surface area contributed by atoms with Crippen LogP contribution in [0.3, 0.4) is 0 Å². The van der Waals surface area contributed by atoms with Gasteiger partial charge < -0.3 is 20.9 Å². The fraction of sp³-hybridized carbons (Fsp3) is 0.348. The SMILES string of the molecule is CCCN(C(=O)c1ccc(NC(=O)NC(C)C)cc1)C(C)C(=O)Nc1ccccc1. The summed E-state index contributed by atoms with van der Waals surface area (Å²) in [6.07, 6.45) is 0.726. The Hall–Kier alpha value is -3.35. The number of amides is 4. The lowest BCUT2D eigenvalue weighted by atomic mass is 10.1. The number of para-hydroxylation sites is 1. The fourth-order valence-electron chi connectivity index (χ4n) is 2.91. The predicted octanol–water partition coefficient (Wildman–Crippen LogP) is 4.10. The van der Waals surface area contributed by atoms with E-state index in [0.29, 0.717) is 23.5 Å². The molecule has 30 heavy (non-hydrogen) atoms. The maximum atomic E-state index is 13.1. The predicted molar refractivity (Wildman–Crippen MR) is 120 cm³/mol. The third-order valence-electron chi connectivity index (χ3n) is 4.42. The van der Waals surface area contributed by atoms with E-state index in [1.165, 1.54) is 0 Å². The van der Waals surface area contributed by atoms with Crippen molar-refractivity contribution in [3.05, 3.63) is 60.2 Å². The second-order valence-electron chi connectivity index (χ2n) is 7.36. The molecule has 2 aromatic carbocycles. The number of urea groups is 1. The third kappa shape index (κ3) is 6.62. The molecule has 0 fully saturated rings. The Labute approximate surface area is 177 Å². The number of rotatable bonds is 8. The molecular formula is C23H30N4O3. The van der Waals surface area contributed by atoms with E-state index in [4.69, 9.17) is 0 Å². The van der Waals surface area contributed by atoms with Crippen LogP contribution in [-0.2, 0) is 4.79 Å². The van der Waals surface area contributed by atoms with Crippen molar-refractivity contribution in [3.63, 3.8) is 0 Å². The van der Waals surface area contributed by atoms with E-state index >= 15 is 0 Å². The summed E-state index contributed by atoms with van der Waals surface area (Å²) in [5, 5.41) is 8.31. The molecule has 0 bridgehead atoms. The lowest BCUT2D eigenvalue weighted by Gasteiger charge is -2.28. The minimum Gasteiger partial charge on any atom is -0.336 e. The minimum absolute atomic E-state index is 0.0250. The van der Waals surface area contributed by atoms with Crippen molar-refractivity contribution in [1.82, 2.24) is 10.2 Å². The van der Waals surface area contributed by atoms with Crippen LogP contribution in [0.15, 0.2) is 54.6 Å². The Balaban J connectivity index is 2.08. The first-order chi connectivity index (χ1) is 14.3. The van der Waals surface area contributed by atoms with Gasteiger partial charge in [-0.2, -0.15) is 0 Å². The number of hydrogen-bond donors (Lipinski definition) is 3. The third-order valence-corrected chi connectivity index (χ3v) is 4.42. The molecule has 0 aliphatic rings. The second-order valence-corrected chi connectivity index (χ2v) is 7.36. The Morgan fingerprint density at radius 3 is 2.03 bits per heavy atom. The zero-order valence-electron chi connectivity index (χ0n) is 17.9. The molecule has 0 spiro atoms. The van der Waals surface area contributed by atoms with Gasteiger partial charge in [0.05, 0.1) is 0 Å². The van der Waals surface area contributed by atoms with Crippen LogP contribution in [0.25, 0.3) is 0 Å². The highest BCUT2D eigenvalue weighted by molar-refractivity contribution is 6.01. The standard InChI is InChI=1S/C23H30N4O3/c1-5-15-27(17(4)21(28)25-19-9-7-6-8-10-19)22(29)18-11-13-20(14-12-18)26-23(30)24-16(2)3/h6-14,16-17H,5,15H2,1-4H3,(H,25,28)(H2,24,26,30). The maximum absolute atomic E-state index is 13.1. The Morgan fingerprint density at radius 1 is 0.867 bits per heavy atom. The molecule has 0 heterocycles. The number of nitrogens with zero attached hydrogens (tertiary/aromatic N) is 1. The maximum Gasteiger partial charge on any atom is 0.319 e. The van der Waals surface area contributed by atoms with Crippen LogP contribution >= 0.6 is 0 Å². The monoisotopic (exact) mass is 410 g/mol. The first-order valence-electron chi connectivity index (χ1n) is 10.2. The van der Waals surface area contributed by atoms with Gasteiger partial charge in [-0.15, -0.1) is 0 Å². The first kappa shape index (κ1) is 22.9. The lowest BCUT2D eigenvalue weighted by molar-refractivity contribution is -0.120. The summed E-state index contributed by atoms with van der Waals surface area (Å²) in [7, 11) is 0. The summed E-state index contributed by atoms with van der Waals surface area (Å²) in [6.45, 7) is 7.89. The zero-order chi connectivity index (χ0) is 22.1. The normalized spacial score (nSPS) is 11.5. The topological polar surface area (TPSA) is 90.5 Å². The Morgan fingerprint density at radius 2 is 1.47 bits per heavy atom. The molecular weight excluding hydrogens is 380 g/mol. The van der Waals surface area contributed by atoms with Crippen LogP contribution in [0.5, 0.6) is 0 Å². The highest BCUT2D eigenvalue weighted by atomic mass is 16.2. The highest BCUT2D eigenvalue weighted by Crippen LogP contribution is 2.15. The molecule has 0 saturated heterocycles. The van der Waals surface area contributed by atoms with E-state index in [2.05, 4.69) is 16.0 Å². The van der Waals surface area contributed by atoms with Crippen molar-refractivity contribution in [3.8, 4) is 0 Å². The van der Waals surface area contributed by atoms with Gasteiger partial charge in [0.25, 0.3) is 5.91 Å². The molecule has 4 amide bonds. The van der Waals surface area contributed by atoms with Gasteiger partial charge in [-0.25, -0.2) is 4.79 Å². The van der Waals surface area contributed by atoms with Gasteiger partial charge in [0.1, 0.15) is 6.04 Å². The molecule has 1 atom stereocenters. The van der Waals surface area contributed by atoms with Gasteiger partial charge in [0.2, 0.25) is 5.91 Å². The highest BCUT2D eigenvalue weighted by Gasteiger charge is 2.26. The Kier molecular flexibility index (Phi) is 8.41. The Bertz CT molecular complexity index is 851. The van der Waals surface area contributed by atoms with Crippen molar-refractivity contribution < 1.29 is 14.4 Å². The zero-order valence-corrected chi connectivity index (χ0v) is 17.9.